The molecule has 1 aliphatic heterocycles. The summed E-state index contributed by atoms with van der Waals surface area (Å²) in [6.07, 6.45) is 2.50. The number of fused-ring (bicyclic) bond motifs is 1. The topological polar surface area (TPSA) is 28.5 Å². The van der Waals surface area contributed by atoms with Crippen molar-refractivity contribution in [1.82, 2.24) is 9.47 Å². The van der Waals surface area contributed by atoms with Crippen LogP contribution in [0.4, 0.5) is 10.1 Å². The first-order chi connectivity index (χ1) is 17.0. The van der Waals surface area contributed by atoms with Crippen molar-refractivity contribution < 1.29 is 9.18 Å². The zero-order valence-corrected chi connectivity index (χ0v) is 20.6. The number of carbonyl (C=O) groups excluding carboxylic acids is 1. The summed E-state index contributed by atoms with van der Waals surface area (Å²) in [4.78, 5) is 17.8. The fraction of sp³-hybridized carbons (Fsp3) is 0.276. The Morgan fingerprint density at radius 2 is 1.71 bits per heavy atom. The van der Waals surface area contributed by atoms with Gasteiger partial charge in [0.1, 0.15) is 5.82 Å². The highest BCUT2D eigenvalue weighted by Crippen LogP contribution is 2.35. The highest BCUT2D eigenvalue weighted by molar-refractivity contribution is 6.30. The maximum Gasteiger partial charge on any atom is 0.223 e. The molecular weight excluding hydrogens is 461 g/mol. The van der Waals surface area contributed by atoms with Gasteiger partial charge in [0, 0.05) is 72.9 Å². The number of aryl methyl sites for hydroxylation is 1. The summed E-state index contributed by atoms with van der Waals surface area (Å²) >= 11 is 6.16. The third-order valence-corrected chi connectivity index (χ3v) is 7.23. The van der Waals surface area contributed by atoms with Crippen LogP contribution in [-0.2, 0) is 11.3 Å². The van der Waals surface area contributed by atoms with Crippen LogP contribution in [0.1, 0.15) is 30.4 Å². The third kappa shape index (κ3) is 4.92. The van der Waals surface area contributed by atoms with E-state index in [2.05, 4.69) is 40.8 Å². The van der Waals surface area contributed by atoms with Crippen molar-refractivity contribution in [2.24, 2.45) is 0 Å². The van der Waals surface area contributed by atoms with Gasteiger partial charge in [-0.1, -0.05) is 48.0 Å². The average Bonchev–Trinajstić information content (AvgIpc) is 3.26. The highest BCUT2D eigenvalue weighted by atomic mass is 35.5. The summed E-state index contributed by atoms with van der Waals surface area (Å²) in [5, 5.41) is 1.86. The molecule has 1 unspecified atom stereocenters. The van der Waals surface area contributed by atoms with E-state index >= 15 is 0 Å². The number of hydrogen-bond donors (Lipinski definition) is 0. The number of benzene rings is 3. The molecule has 4 aromatic rings. The normalized spacial score (nSPS) is 14.9. The maximum absolute atomic E-state index is 13.7. The fourth-order valence-corrected chi connectivity index (χ4v) is 5.29. The molecule has 1 fully saturated rings. The summed E-state index contributed by atoms with van der Waals surface area (Å²) < 4.78 is 15.9. The Balaban J connectivity index is 1.39. The van der Waals surface area contributed by atoms with Gasteiger partial charge in [0.15, 0.2) is 0 Å². The minimum atomic E-state index is -0.271. The van der Waals surface area contributed by atoms with E-state index in [9.17, 15) is 9.18 Å². The Morgan fingerprint density at radius 3 is 2.43 bits per heavy atom. The number of piperazine rings is 1. The predicted octanol–water partition coefficient (Wildman–Crippen LogP) is 6.32. The first-order valence-corrected chi connectivity index (χ1v) is 12.5. The largest absolute Gasteiger partial charge is 0.368 e. The molecular formula is C29H29ClFN3O. The van der Waals surface area contributed by atoms with Gasteiger partial charge in [-0.15, -0.1) is 0 Å². The van der Waals surface area contributed by atoms with Gasteiger partial charge in [-0.25, -0.2) is 4.39 Å². The summed E-state index contributed by atoms with van der Waals surface area (Å²) in [6.45, 7) is 5.82. The van der Waals surface area contributed by atoms with E-state index in [1.54, 1.807) is 0 Å². The third-order valence-electron chi connectivity index (χ3n) is 6.99. The van der Waals surface area contributed by atoms with Crippen molar-refractivity contribution >= 4 is 34.1 Å². The van der Waals surface area contributed by atoms with E-state index in [1.807, 2.05) is 47.4 Å². The second-order valence-corrected chi connectivity index (χ2v) is 9.48. The number of halogens is 2. The van der Waals surface area contributed by atoms with E-state index in [0.29, 0.717) is 19.5 Å². The van der Waals surface area contributed by atoms with Crippen LogP contribution < -0.4 is 4.90 Å². The molecule has 1 aromatic heterocycles. The van der Waals surface area contributed by atoms with Crippen molar-refractivity contribution in [1.29, 1.82) is 0 Å². The van der Waals surface area contributed by atoms with Gasteiger partial charge in [0.05, 0.1) is 0 Å². The first-order valence-electron chi connectivity index (χ1n) is 12.1. The lowest BCUT2D eigenvalue weighted by molar-refractivity contribution is -0.131. The Kier molecular flexibility index (Phi) is 6.78. The number of nitrogens with zero attached hydrogens (tertiary/aromatic N) is 3. The van der Waals surface area contributed by atoms with E-state index in [4.69, 9.17) is 11.6 Å². The van der Waals surface area contributed by atoms with Gasteiger partial charge in [-0.3, -0.25) is 4.79 Å². The van der Waals surface area contributed by atoms with Gasteiger partial charge in [0.25, 0.3) is 0 Å². The van der Waals surface area contributed by atoms with Crippen molar-refractivity contribution in [3.63, 3.8) is 0 Å². The fourth-order valence-electron chi connectivity index (χ4n) is 5.11. The van der Waals surface area contributed by atoms with E-state index in [1.165, 1.54) is 12.1 Å². The van der Waals surface area contributed by atoms with Crippen LogP contribution in [-0.4, -0.2) is 41.6 Å². The molecule has 1 saturated heterocycles. The van der Waals surface area contributed by atoms with E-state index < -0.39 is 0 Å². The second-order valence-electron chi connectivity index (χ2n) is 9.04. The lowest BCUT2D eigenvalue weighted by Crippen LogP contribution is -2.49. The molecule has 3 aromatic carbocycles. The maximum atomic E-state index is 13.7. The number of para-hydroxylation sites is 1. The molecule has 0 N–H and O–H groups in total. The molecule has 35 heavy (non-hydrogen) atoms. The number of rotatable bonds is 6. The van der Waals surface area contributed by atoms with Crippen LogP contribution in [0, 0.1) is 5.82 Å². The second kappa shape index (κ2) is 10.1. The summed E-state index contributed by atoms with van der Waals surface area (Å²) in [5.41, 5.74) is 4.30. The Hall–Kier alpha value is -3.31. The number of carbonyl (C=O) groups is 1. The van der Waals surface area contributed by atoms with Crippen LogP contribution in [0.15, 0.2) is 79.0 Å². The molecule has 0 bridgehead atoms. The van der Waals surface area contributed by atoms with E-state index in [0.717, 1.165) is 52.4 Å². The number of aromatic nitrogens is 1. The van der Waals surface area contributed by atoms with Crippen molar-refractivity contribution in [3.8, 4) is 0 Å². The first kappa shape index (κ1) is 23.4. The van der Waals surface area contributed by atoms with Crippen molar-refractivity contribution in [2.75, 3.05) is 31.1 Å². The minimum Gasteiger partial charge on any atom is -0.368 e. The molecule has 1 amide bonds. The molecule has 5 rings (SSSR count). The molecule has 1 atom stereocenters. The van der Waals surface area contributed by atoms with E-state index in [-0.39, 0.29) is 17.6 Å². The van der Waals surface area contributed by atoms with Gasteiger partial charge in [-0.05, 0) is 54.4 Å². The molecule has 1 aliphatic rings. The highest BCUT2D eigenvalue weighted by Gasteiger charge is 2.27. The standard InChI is InChI=1S/C29H29ClFN3O/c1-2-32-20-27(25-8-3-4-9-28(25)32)26(21-10-12-23(31)13-11-21)19-29(35)34-16-14-33(15-17-34)24-7-5-6-22(30)18-24/h3-13,18,20,26H,2,14-17,19H2,1H3. The molecule has 0 spiro atoms. The van der Waals surface area contributed by atoms with Crippen LogP contribution in [0.5, 0.6) is 0 Å². The Bertz CT molecular complexity index is 1330. The summed E-state index contributed by atoms with van der Waals surface area (Å²) in [6, 6.07) is 22.7. The Labute approximate surface area is 210 Å². The van der Waals surface area contributed by atoms with Crippen molar-refractivity contribution in [3.05, 3.63) is 101 Å². The van der Waals surface area contributed by atoms with Gasteiger partial charge in [0.2, 0.25) is 5.91 Å². The molecule has 0 saturated carbocycles. The number of anilines is 1. The van der Waals surface area contributed by atoms with Crippen LogP contribution >= 0.6 is 11.6 Å². The zero-order valence-electron chi connectivity index (χ0n) is 19.8. The summed E-state index contributed by atoms with van der Waals surface area (Å²) in [7, 11) is 0. The average molecular weight is 490 g/mol. The minimum absolute atomic E-state index is 0.124. The smallest absolute Gasteiger partial charge is 0.223 e. The molecule has 0 aliphatic carbocycles. The SMILES string of the molecule is CCn1cc(C(CC(=O)N2CCN(c3cccc(Cl)c3)CC2)c2ccc(F)cc2)c2ccccc21. The zero-order chi connectivity index (χ0) is 24.4. The lowest BCUT2D eigenvalue weighted by Gasteiger charge is -2.36. The monoisotopic (exact) mass is 489 g/mol. The van der Waals surface area contributed by atoms with Crippen molar-refractivity contribution in [2.45, 2.75) is 25.8 Å². The van der Waals surface area contributed by atoms with Gasteiger partial charge >= 0.3 is 0 Å². The van der Waals surface area contributed by atoms with Crippen LogP contribution in [0.25, 0.3) is 10.9 Å². The molecule has 4 nitrogen and oxygen atoms in total. The summed E-state index contributed by atoms with van der Waals surface area (Å²) in [5.74, 6) is -0.294. The van der Waals surface area contributed by atoms with Crippen LogP contribution in [0.2, 0.25) is 5.02 Å². The number of hydrogen-bond acceptors (Lipinski definition) is 2. The quantitative estimate of drug-likeness (QED) is 0.317. The lowest BCUT2D eigenvalue weighted by atomic mass is 9.87. The number of amides is 1. The van der Waals surface area contributed by atoms with Gasteiger partial charge in [-0.2, -0.15) is 0 Å². The Morgan fingerprint density at radius 1 is 0.971 bits per heavy atom. The molecule has 180 valence electrons. The van der Waals surface area contributed by atoms with Gasteiger partial charge < -0.3 is 14.4 Å². The predicted molar refractivity (Wildman–Crippen MR) is 141 cm³/mol. The van der Waals surface area contributed by atoms with Crippen LogP contribution in [0.3, 0.4) is 0 Å². The molecule has 2 heterocycles. The molecule has 0 radical (unpaired) electrons. The molecule has 6 heteroatoms.